The maximum atomic E-state index is 13.2. The number of aromatic nitrogens is 2. The van der Waals surface area contributed by atoms with Crippen LogP contribution >= 0.6 is 22.9 Å². The lowest BCUT2D eigenvalue weighted by atomic mass is 10.0. The average Bonchev–Trinajstić information content (AvgIpc) is 3.33. The number of carbonyl (C=O) groups excluding carboxylic acids is 2. The highest BCUT2D eigenvalue weighted by atomic mass is 35.5. The Bertz CT molecular complexity index is 1280. The molecule has 0 aliphatic rings. The van der Waals surface area contributed by atoms with Gasteiger partial charge in [-0.3, -0.25) is 14.9 Å². The zero-order chi connectivity index (χ0) is 23.9. The van der Waals surface area contributed by atoms with Crippen molar-refractivity contribution < 1.29 is 14.3 Å². The molecule has 0 spiro atoms. The lowest BCUT2D eigenvalue weighted by Crippen LogP contribution is -2.45. The molecular formula is C25H21ClN4O3S. The van der Waals surface area contributed by atoms with Gasteiger partial charge in [0.1, 0.15) is 16.8 Å². The SMILES string of the molecule is COc1cccc(-c2nnc(NC(=O)[C@@H](Cc3ccccc3)NC(=O)c3ccc(Cl)cc3)s2)c1. The Kier molecular flexibility index (Phi) is 7.51. The van der Waals surface area contributed by atoms with E-state index in [9.17, 15) is 9.59 Å². The van der Waals surface area contributed by atoms with Crippen molar-refractivity contribution in [2.75, 3.05) is 12.4 Å². The van der Waals surface area contributed by atoms with E-state index in [1.54, 1.807) is 31.4 Å². The molecule has 0 fully saturated rings. The van der Waals surface area contributed by atoms with Crippen LogP contribution in [0.15, 0.2) is 78.9 Å². The number of halogens is 1. The fraction of sp³-hybridized carbons (Fsp3) is 0.120. The fourth-order valence-corrected chi connectivity index (χ4v) is 4.11. The normalized spacial score (nSPS) is 11.5. The van der Waals surface area contributed by atoms with Gasteiger partial charge >= 0.3 is 0 Å². The Hall–Kier alpha value is -3.75. The van der Waals surface area contributed by atoms with Gasteiger partial charge in [0.2, 0.25) is 11.0 Å². The number of hydrogen-bond acceptors (Lipinski definition) is 6. The molecule has 2 amide bonds. The summed E-state index contributed by atoms with van der Waals surface area (Å²) in [5.41, 5.74) is 2.15. The maximum absolute atomic E-state index is 13.2. The molecule has 0 unspecified atom stereocenters. The number of amides is 2. The summed E-state index contributed by atoms with van der Waals surface area (Å²) in [7, 11) is 1.59. The predicted octanol–water partition coefficient (Wildman–Crippen LogP) is 4.85. The number of carbonyl (C=O) groups is 2. The van der Waals surface area contributed by atoms with Gasteiger partial charge in [-0.15, -0.1) is 10.2 Å². The number of benzene rings is 3. The Balaban J connectivity index is 1.51. The van der Waals surface area contributed by atoms with E-state index >= 15 is 0 Å². The Labute approximate surface area is 205 Å². The first-order valence-corrected chi connectivity index (χ1v) is 11.6. The second-order valence-corrected chi connectivity index (χ2v) is 8.77. The van der Waals surface area contributed by atoms with Crippen LogP contribution in [-0.2, 0) is 11.2 Å². The average molecular weight is 493 g/mol. The highest BCUT2D eigenvalue weighted by molar-refractivity contribution is 7.18. The largest absolute Gasteiger partial charge is 0.497 e. The predicted molar refractivity (Wildman–Crippen MR) is 133 cm³/mol. The number of hydrogen-bond donors (Lipinski definition) is 2. The summed E-state index contributed by atoms with van der Waals surface area (Å²) in [6.45, 7) is 0. The Morgan fingerprint density at radius 3 is 2.50 bits per heavy atom. The van der Waals surface area contributed by atoms with Gasteiger partial charge in [-0.2, -0.15) is 0 Å². The van der Waals surface area contributed by atoms with Gasteiger partial charge in [-0.05, 0) is 42.0 Å². The van der Waals surface area contributed by atoms with Gasteiger partial charge in [-0.25, -0.2) is 0 Å². The quantitative estimate of drug-likeness (QED) is 0.367. The van der Waals surface area contributed by atoms with Crippen LogP contribution in [0.2, 0.25) is 5.02 Å². The summed E-state index contributed by atoms with van der Waals surface area (Å²) in [6.07, 6.45) is 0.313. The number of anilines is 1. The monoisotopic (exact) mass is 492 g/mol. The smallest absolute Gasteiger partial charge is 0.251 e. The molecule has 0 bridgehead atoms. The van der Waals surface area contributed by atoms with Crippen LogP contribution in [0.1, 0.15) is 15.9 Å². The number of rotatable bonds is 8. The number of ether oxygens (including phenoxy) is 1. The zero-order valence-corrected chi connectivity index (χ0v) is 19.8. The van der Waals surface area contributed by atoms with Crippen molar-refractivity contribution >= 4 is 39.9 Å². The molecule has 7 nitrogen and oxygen atoms in total. The van der Waals surface area contributed by atoms with Crippen LogP contribution in [0, 0.1) is 0 Å². The van der Waals surface area contributed by atoms with Crippen molar-refractivity contribution in [3.05, 3.63) is 95.0 Å². The molecule has 172 valence electrons. The topological polar surface area (TPSA) is 93.2 Å². The lowest BCUT2D eigenvalue weighted by molar-refractivity contribution is -0.118. The number of methoxy groups -OCH3 is 1. The first-order chi connectivity index (χ1) is 16.5. The molecule has 1 aromatic heterocycles. The minimum atomic E-state index is -0.824. The van der Waals surface area contributed by atoms with Crippen molar-refractivity contribution in [1.29, 1.82) is 0 Å². The van der Waals surface area contributed by atoms with Crippen LogP contribution < -0.4 is 15.4 Å². The van der Waals surface area contributed by atoms with Crippen LogP contribution in [-0.4, -0.2) is 35.2 Å². The molecule has 3 aromatic carbocycles. The van der Waals surface area contributed by atoms with Gasteiger partial charge in [0.25, 0.3) is 5.91 Å². The van der Waals surface area contributed by atoms with E-state index in [1.165, 1.54) is 11.3 Å². The molecule has 0 saturated heterocycles. The van der Waals surface area contributed by atoms with E-state index in [0.29, 0.717) is 32.9 Å². The Morgan fingerprint density at radius 1 is 1.00 bits per heavy atom. The molecule has 2 N–H and O–H groups in total. The summed E-state index contributed by atoms with van der Waals surface area (Å²) in [4.78, 5) is 25.9. The molecule has 0 radical (unpaired) electrons. The molecule has 4 aromatic rings. The first kappa shape index (κ1) is 23.4. The molecular weight excluding hydrogens is 472 g/mol. The van der Waals surface area contributed by atoms with Crippen molar-refractivity contribution in [1.82, 2.24) is 15.5 Å². The molecule has 4 rings (SSSR count). The van der Waals surface area contributed by atoms with E-state index in [0.717, 1.165) is 11.1 Å². The van der Waals surface area contributed by atoms with Gasteiger partial charge < -0.3 is 10.1 Å². The van der Waals surface area contributed by atoms with Gasteiger partial charge in [0, 0.05) is 22.6 Å². The van der Waals surface area contributed by atoms with Gasteiger partial charge in [0.05, 0.1) is 7.11 Å². The van der Waals surface area contributed by atoms with E-state index in [2.05, 4.69) is 20.8 Å². The second-order valence-electron chi connectivity index (χ2n) is 7.36. The zero-order valence-electron chi connectivity index (χ0n) is 18.2. The van der Waals surface area contributed by atoms with Crippen LogP contribution in [0.25, 0.3) is 10.6 Å². The van der Waals surface area contributed by atoms with E-state index in [4.69, 9.17) is 16.3 Å². The van der Waals surface area contributed by atoms with Crippen LogP contribution in [0.4, 0.5) is 5.13 Å². The molecule has 0 aliphatic heterocycles. The summed E-state index contributed by atoms with van der Waals surface area (Å²) < 4.78 is 5.25. The lowest BCUT2D eigenvalue weighted by Gasteiger charge is -2.18. The third kappa shape index (κ3) is 5.98. The molecule has 34 heavy (non-hydrogen) atoms. The maximum Gasteiger partial charge on any atom is 0.251 e. The van der Waals surface area contributed by atoms with Crippen molar-refractivity contribution in [3.8, 4) is 16.3 Å². The second kappa shape index (κ2) is 10.9. The van der Waals surface area contributed by atoms with Crippen molar-refractivity contribution in [2.45, 2.75) is 12.5 Å². The molecule has 9 heteroatoms. The number of nitrogens with one attached hydrogen (secondary N) is 2. The third-order valence-electron chi connectivity index (χ3n) is 4.98. The molecule has 0 saturated carbocycles. The minimum Gasteiger partial charge on any atom is -0.497 e. The third-order valence-corrected chi connectivity index (χ3v) is 6.12. The summed E-state index contributed by atoms with van der Waals surface area (Å²) in [5, 5.41) is 15.4. The summed E-state index contributed by atoms with van der Waals surface area (Å²) in [6, 6.07) is 22.6. The standard InChI is InChI=1S/C25H21ClN4O3S/c1-33-20-9-5-8-18(15-20)24-29-30-25(34-24)28-23(32)21(14-16-6-3-2-4-7-16)27-22(31)17-10-12-19(26)13-11-17/h2-13,15,21H,14H2,1H3,(H,27,31)(H,28,30,32)/t21-/m1/s1. The van der Waals surface area contributed by atoms with Crippen LogP contribution in [0.3, 0.4) is 0 Å². The van der Waals surface area contributed by atoms with Gasteiger partial charge in [0.15, 0.2) is 0 Å². The highest BCUT2D eigenvalue weighted by Crippen LogP contribution is 2.28. The van der Waals surface area contributed by atoms with E-state index < -0.39 is 6.04 Å². The molecule has 1 atom stereocenters. The minimum absolute atomic E-state index is 0.313. The summed E-state index contributed by atoms with van der Waals surface area (Å²) in [5.74, 6) is -0.0623. The first-order valence-electron chi connectivity index (χ1n) is 10.4. The van der Waals surface area contributed by atoms with Crippen molar-refractivity contribution in [3.63, 3.8) is 0 Å². The molecule has 1 heterocycles. The van der Waals surface area contributed by atoms with E-state index in [1.807, 2.05) is 54.6 Å². The fourth-order valence-electron chi connectivity index (χ4n) is 3.24. The summed E-state index contributed by atoms with van der Waals surface area (Å²) >= 11 is 7.16. The highest BCUT2D eigenvalue weighted by Gasteiger charge is 2.23. The van der Waals surface area contributed by atoms with Crippen molar-refractivity contribution in [2.24, 2.45) is 0 Å². The molecule has 0 aliphatic carbocycles. The number of nitrogens with zero attached hydrogens (tertiary/aromatic N) is 2. The van der Waals surface area contributed by atoms with Crippen LogP contribution in [0.5, 0.6) is 5.75 Å². The Morgan fingerprint density at radius 2 is 1.76 bits per heavy atom. The van der Waals surface area contributed by atoms with Gasteiger partial charge in [-0.1, -0.05) is 65.4 Å². The van der Waals surface area contributed by atoms with E-state index in [-0.39, 0.29) is 11.8 Å².